The van der Waals surface area contributed by atoms with Crippen LogP contribution in [0.4, 0.5) is 0 Å². The summed E-state index contributed by atoms with van der Waals surface area (Å²) in [6.45, 7) is 0. The first-order chi connectivity index (χ1) is 6.25. The molecule has 0 saturated carbocycles. The second-order valence-electron chi connectivity index (χ2n) is 2.57. The van der Waals surface area contributed by atoms with Crippen molar-refractivity contribution >= 4 is 39.5 Å². The summed E-state index contributed by atoms with van der Waals surface area (Å²) in [5.41, 5.74) is 2.23. The van der Waals surface area contributed by atoms with E-state index in [1.54, 1.807) is 11.3 Å². The fourth-order valence-electron chi connectivity index (χ4n) is 1.08. The van der Waals surface area contributed by atoms with Crippen molar-refractivity contribution in [1.82, 2.24) is 4.98 Å². The fraction of sp³-hybridized carbons (Fsp3) is 0. The predicted octanol–water partition coefficient (Wildman–Crippen LogP) is 4.24. The van der Waals surface area contributed by atoms with Crippen molar-refractivity contribution in [2.45, 2.75) is 0 Å². The zero-order valence-electron chi connectivity index (χ0n) is 6.58. The van der Waals surface area contributed by atoms with Crippen LogP contribution in [0.2, 0.25) is 0 Å². The molecule has 1 nitrogen and oxygen atoms in total. The molecule has 0 fully saturated rings. The fourth-order valence-corrected chi connectivity index (χ4v) is 2.32. The van der Waals surface area contributed by atoms with Crippen LogP contribution in [0.3, 0.4) is 0 Å². The number of rotatable bonds is 1. The van der Waals surface area contributed by atoms with Gasteiger partial charge in [0.2, 0.25) is 0 Å². The molecule has 1 aromatic heterocycles. The number of benzene rings is 1. The van der Waals surface area contributed by atoms with Crippen molar-refractivity contribution in [3.05, 3.63) is 38.1 Å². The van der Waals surface area contributed by atoms with E-state index < -0.39 is 0 Å². The highest BCUT2D eigenvalue weighted by Gasteiger charge is 1.98. The van der Waals surface area contributed by atoms with Gasteiger partial charge in [0.1, 0.15) is 0 Å². The van der Waals surface area contributed by atoms with E-state index in [2.05, 4.69) is 33.0 Å². The number of thiazole rings is 1. The van der Waals surface area contributed by atoms with E-state index in [1.807, 2.05) is 17.5 Å². The monoisotopic (exact) mass is 271 g/mol. The lowest BCUT2D eigenvalue weighted by molar-refractivity contribution is 1.39. The lowest BCUT2D eigenvalue weighted by Gasteiger charge is -1.96. The van der Waals surface area contributed by atoms with Crippen molar-refractivity contribution in [2.75, 3.05) is 0 Å². The second kappa shape index (κ2) is 3.74. The Balaban J connectivity index is 2.52. The van der Waals surface area contributed by atoms with E-state index in [4.69, 9.17) is 12.2 Å². The van der Waals surface area contributed by atoms with Gasteiger partial charge < -0.3 is 4.98 Å². The van der Waals surface area contributed by atoms with E-state index in [-0.39, 0.29) is 0 Å². The SMILES string of the molecule is S=c1[nH]c(-c2cccc(Br)c2)cs1. The van der Waals surface area contributed by atoms with Crippen LogP contribution >= 0.6 is 39.5 Å². The first-order valence-electron chi connectivity index (χ1n) is 3.69. The zero-order valence-corrected chi connectivity index (χ0v) is 9.80. The Kier molecular flexibility index (Phi) is 2.62. The summed E-state index contributed by atoms with van der Waals surface area (Å²) in [4.78, 5) is 3.13. The normalized spacial score (nSPS) is 10.2. The first kappa shape index (κ1) is 9.12. The summed E-state index contributed by atoms with van der Waals surface area (Å²) >= 11 is 10.00. The van der Waals surface area contributed by atoms with E-state index in [1.165, 1.54) is 0 Å². The number of hydrogen-bond donors (Lipinski definition) is 1. The van der Waals surface area contributed by atoms with Gasteiger partial charge in [-0.1, -0.05) is 28.1 Å². The second-order valence-corrected chi connectivity index (χ2v) is 5.03. The summed E-state index contributed by atoms with van der Waals surface area (Å²) in [6.07, 6.45) is 0. The third-order valence-corrected chi connectivity index (χ3v) is 3.21. The molecule has 0 unspecified atom stereocenters. The van der Waals surface area contributed by atoms with Crippen LogP contribution in [-0.2, 0) is 0 Å². The molecule has 0 atom stereocenters. The molecule has 0 aliphatic rings. The lowest BCUT2D eigenvalue weighted by atomic mass is 10.2. The molecule has 0 saturated heterocycles. The van der Waals surface area contributed by atoms with Crippen molar-refractivity contribution in [3.63, 3.8) is 0 Å². The molecule has 0 aliphatic heterocycles. The van der Waals surface area contributed by atoms with Gasteiger partial charge in [0.15, 0.2) is 3.95 Å². The number of H-pyrrole nitrogens is 1. The maximum atomic E-state index is 5.02. The Morgan fingerprint density at radius 1 is 1.38 bits per heavy atom. The lowest BCUT2D eigenvalue weighted by Crippen LogP contribution is -1.76. The van der Waals surface area contributed by atoms with Gasteiger partial charge in [-0.25, -0.2) is 0 Å². The Bertz CT molecular complexity index is 472. The van der Waals surface area contributed by atoms with Gasteiger partial charge >= 0.3 is 0 Å². The van der Waals surface area contributed by atoms with Gasteiger partial charge in [0.05, 0.1) is 5.69 Å². The van der Waals surface area contributed by atoms with E-state index in [9.17, 15) is 0 Å². The van der Waals surface area contributed by atoms with Gasteiger partial charge in [-0.05, 0) is 29.9 Å². The Morgan fingerprint density at radius 3 is 2.85 bits per heavy atom. The van der Waals surface area contributed by atoms with Crippen molar-refractivity contribution in [2.24, 2.45) is 0 Å². The highest BCUT2D eigenvalue weighted by molar-refractivity contribution is 9.10. The smallest absolute Gasteiger partial charge is 0.158 e. The van der Waals surface area contributed by atoms with Gasteiger partial charge in [-0.15, -0.1) is 11.3 Å². The molecule has 0 amide bonds. The van der Waals surface area contributed by atoms with Crippen LogP contribution in [-0.4, -0.2) is 4.98 Å². The third-order valence-electron chi connectivity index (χ3n) is 1.66. The highest BCUT2D eigenvalue weighted by atomic mass is 79.9. The summed E-state index contributed by atoms with van der Waals surface area (Å²) in [6, 6.07) is 8.13. The molecule has 0 aliphatic carbocycles. The maximum absolute atomic E-state index is 5.02. The largest absolute Gasteiger partial charge is 0.337 e. The quantitative estimate of drug-likeness (QED) is 0.768. The molecule has 1 heterocycles. The van der Waals surface area contributed by atoms with Gasteiger partial charge in [0.25, 0.3) is 0 Å². The van der Waals surface area contributed by atoms with Crippen LogP contribution in [0.25, 0.3) is 11.3 Å². The van der Waals surface area contributed by atoms with Crippen LogP contribution < -0.4 is 0 Å². The van der Waals surface area contributed by atoms with Gasteiger partial charge in [-0.2, -0.15) is 0 Å². The van der Waals surface area contributed by atoms with E-state index in [0.717, 1.165) is 19.7 Å². The average Bonchev–Trinajstić information content (AvgIpc) is 2.52. The molecule has 2 rings (SSSR count). The molecule has 1 aromatic carbocycles. The molecule has 0 bridgehead atoms. The minimum Gasteiger partial charge on any atom is -0.337 e. The minimum absolute atomic E-state index is 0.815. The number of aromatic nitrogens is 1. The molecule has 1 N–H and O–H groups in total. The van der Waals surface area contributed by atoms with E-state index >= 15 is 0 Å². The van der Waals surface area contributed by atoms with Crippen LogP contribution in [0, 0.1) is 3.95 Å². The maximum Gasteiger partial charge on any atom is 0.158 e. The molecule has 66 valence electrons. The van der Waals surface area contributed by atoms with Gasteiger partial charge in [0, 0.05) is 9.85 Å². The Hall–Kier alpha value is -0.450. The molecule has 2 aromatic rings. The van der Waals surface area contributed by atoms with Crippen molar-refractivity contribution < 1.29 is 0 Å². The number of aromatic amines is 1. The predicted molar refractivity (Wildman–Crippen MR) is 62.6 cm³/mol. The van der Waals surface area contributed by atoms with Crippen LogP contribution in [0.1, 0.15) is 0 Å². The Labute approximate surface area is 93.6 Å². The molecule has 0 radical (unpaired) electrons. The third kappa shape index (κ3) is 2.07. The zero-order chi connectivity index (χ0) is 9.26. The molecular formula is C9H6BrNS2. The molecule has 4 heteroatoms. The summed E-state index contributed by atoms with van der Waals surface area (Å²) in [5, 5.41) is 2.03. The molecular weight excluding hydrogens is 266 g/mol. The van der Waals surface area contributed by atoms with Crippen LogP contribution in [0.5, 0.6) is 0 Å². The average molecular weight is 272 g/mol. The molecule has 13 heavy (non-hydrogen) atoms. The summed E-state index contributed by atoms with van der Waals surface area (Å²) in [7, 11) is 0. The van der Waals surface area contributed by atoms with E-state index in [0.29, 0.717) is 0 Å². The van der Waals surface area contributed by atoms with Crippen molar-refractivity contribution in [1.29, 1.82) is 0 Å². The van der Waals surface area contributed by atoms with Gasteiger partial charge in [-0.3, -0.25) is 0 Å². The first-order valence-corrected chi connectivity index (χ1v) is 5.77. The summed E-state index contributed by atoms with van der Waals surface area (Å²) < 4.78 is 1.89. The topological polar surface area (TPSA) is 15.8 Å². The standard InChI is InChI=1S/C9H6BrNS2/c10-7-3-1-2-6(4-7)8-5-13-9(12)11-8/h1-5H,(H,11,12). The number of nitrogens with one attached hydrogen (secondary N) is 1. The highest BCUT2D eigenvalue weighted by Crippen LogP contribution is 2.22. The van der Waals surface area contributed by atoms with Crippen LogP contribution in [0.15, 0.2) is 34.1 Å². The summed E-state index contributed by atoms with van der Waals surface area (Å²) in [5.74, 6) is 0. The number of hydrogen-bond acceptors (Lipinski definition) is 2. The minimum atomic E-state index is 0.815. The molecule has 0 spiro atoms. The Morgan fingerprint density at radius 2 is 2.23 bits per heavy atom. The van der Waals surface area contributed by atoms with Crippen molar-refractivity contribution in [3.8, 4) is 11.3 Å². The number of halogens is 1.